The summed E-state index contributed by atoms with van der Waals surface area (Å²) in [5.41, 5.74) is 18.1. The Labute approximate surface area is 154 Å². The third kappa shape index (κ3) is 2.91. The lowest BCUT2D eigenvalue weighted by molar-refractivity contribution is 0.649. The van der Waals surface area contributed by atoms with E-state index in [-0.39, 0.29) is 5.41 Å². The smallest absolute Gasteiger partial charge is 0.0419 e. The number of hydrogen-bond acceptors (Lipinski definition) is 2. The van der Waals surface area contributed by atoms with Crippen molar-refractivity contribution < 1.29 is 0 Å². The number of anilines is 2. The fourth-order valence-electron chi connectivity index (χ4n) is 3.64. The lowest BCUT2D eigenvalue weighted by atomic mass is 9.69. The van der Waals surface area contributed by atoms with Crippen molar-refractivity contribution in [1.29, 1.82) is 0 Å². The molecule has 0 spiro atoms. The zero-order chi connectivity index (χ0) is 18.0. The Bertz CT molecular complexity index is 951. The predicted molar refractivity (Wildman–Crippen MR) is 111 cm³/mol. The molecule has 1 aliphatic rings. The molecule has 2 nitrogen and oxygen atoms in total. The molecule has 0 bridgehead atoms. The Balaban J connectivity index is 1.76. The molecule has 0 radical (unpaired) electrons. The van der Waals surface area contributed by atoms with Crippen LogP contribution in [-0.2, 0) is 5.41 Å². The lowest BCUT2D eigenvalue weighted by Gasteiger charge is -2.34. The van der Waals surface area contributed by atoms with Crippen LogP contribution in [0, 0.1) is 0 Å². The fraction of sp³-hybridized carbons (Fsp3) is 0.0833. The van der Waals surface area contributed by atoms with E-state index in [0.717, 1.165) is 17.8 Å². The van der Waals surface area contributed by atoms with Gasteiger partial charge in [-0.1, -0.05) is 72.8 Å². The van der Waals surface area contributed by atoms with Crippen molar-refractivity contribution in [2.45, 2.75) is 11.8 Å². The highest BCUT2D eigenvalue weighted by Crippen LogP contribution is 2.42. The molecule has 3 aromatic carbocycles. The maximum Gasteiger partial charge on any atom is 0.0419 e. The van der Waals surface area contributed by atoms with Gasteiger partial charge in [-0.25, -0.2) is 0 Å². The first-order valence-electron chi connectivity index (χ1n) is 8.84. The molecule has 0 amide bonds. The van der Waals surface area contributed by atoms with Crippen molar-refractivity contribution in [3.8, 4) is 0 Å². The number of benzene rings is 3. The molecule has 128 valence electrons. The second-order valence-electron chi connectivity index (χ2n) is 6.78. The van der Waals surface area contributed by atoms with Crippen LogP contribution in [0.15, 0.2) is 97.1 Å². The summed E-state index contributed by atoms with van der Waals surface area (Å²) < 4.78 is 0. The summed E-state index contributed by atoms with van der Waals surface area (Å²) in [6, 6.07) is 26.9. The number of nitrogen functional groups attached to an aromatic ring is 2. The second-order valence-corrected chi connectivity index (χ2v) is 6.78. The van der Waals surface area contributed by atoms with E-state index in [9.17, 15) is 0 Å². The number of allylic oxidation sites excluding steroid dienone is 4. The average molecular weight is 338 g/mol. The van der Waals surface area contributed by atoms with Crippen LogP contribution in [0.3, 0.4) is 0 Å². The van der Waals surface area contributed by atoms with E-state index in [0.29, 0.717) is 0 Å². The van der Waals surface area contributed by atoms with Crippen LogP contribution >= 0.6 is 0 Å². The molecule has 4 rings (SSSR count). The van der Waals surface area contributed by atoms with Gasteiger partial charge in [0.25, 0.3) is 0 Å². The van der Waals surface area contributed by atoms with Gasteiger partial charge in [-0.2, -0.15) is 0 Å². The summed E-state index contributed by atoms with van der Waals surface area (Å²) in [5.74, 6) is 0. The van der Waals surface area contributed by atoms with Gasteiger partial charge < -0.3 is 11.5 Å². The molecule has 3 aromatic rings. The summed E-state index contributed by atoms with van der Waals surface area (Å²) in [6.45, 7) is 0. The first-order valence-corrected chi connectivity index (χ1v) is 8.84. The Kier molecular flexibility index (Phi) is 4.10. The predicted octanol–water partition coefficient (Wildman–Crippen LogP) is 5.18. The number of rotatable bonds is 3. The fourth-order valence-corrected chi connectivity index (χ4v) is 3.64. The van der Waals surface area contributed by atoms with Gasteiger partial charge in [0.15, 0.2) is 0 Å². The molecule has 0 saturated heterocycles. The Morgan fingerprint density at radius 2 is 1.23 bits per heavy atom. The largest absolute Gasteiger partial charge is 0.399 e. The van der Waals surface area contributed by atoms with Crippen LogP contribution < -0.4 is 11.5 Å². The number of hydrogen-bond donors (Lipinski definition) is 2. The van der Waals surface area contributed by atoms with E-state index in [4.69, 9.17) is 11.5 Å². The van der Waals surface area contributed by atoms with E-state index in [2.05, 4.69) is 72.8 Å². The minimum Gasteiger partial charge on any atom is -0.399 e. The van der Waals surface area contributed by atoms with Gasteiger partial charge >= 0.3 is 0 Å². The van der Waals surface area contributed by atoms with Crippen LogP contribution in [0.25, 0.3) is 5.57 Å². The van der Waals surface area contributed by atoms with E-state index < -0.39 is 0 Å². The highest BCUT2D eigenvalue weighted by molar-refractivity contribution is 5.77. The highest BCUT2D eigenvalue weighted by atomic mass is 14.5. The average Bonchev–Trinajstić information content (AvgIpc) is 2.70. The van der Waals surface area contributed by atoms with Gasteiger partial charge in [-0.3, -0.25) is 0 Å². The minimum absolute atomic E-state index is 0.174. The van der Waals surface area contributed by atoms with E-state index in [1.165, 1.54) is 22.3 Å². The lowest BCUT2D eigenvalue weighted by Crippen LogP contribution is -2.26. The molecule has 1 aliphatic carbocycles. The molecule has 26 heavy (non-hydrogen) atoms. The third-order valence-corrected chi connectivity index (χ3v) is 5.15. The summed E-state index contributed by atoms with van der Waals surface area (Å²) in [6.07, 6.45) is 7.75. The summed E-state index contributed by atoms with van der Waals surface area (Å²) in [5, 5.41) is 0. The van der Waals surface area contributed by atoms with Gasteiger partial charge in [0.2, 0.25) is 0 Å². The molecule has 0 aliphatic heterocycles. The molecule has 4 N–H and O–H groups in total. The normalized spacial score (nSPS) is 19.2. The van der Waals surface area contributed by atoms with Crippen molar-refractivity contribution in [3.05, 3.63) is 114 Å². The van der Waals surface area contributed by atoms with Crippen molar-refractivity contribution in [2.75, 3.05) is 11.5 Å². The van der Waals surface area contributed by atoms with E-state index >= 15 is 0 Å². The van der Waals surface area contributed by atoms with Crippen molar-refractivity contribution >= 4 is 16.9 Å². The quantitative estimate of drug-likeness (QED) is 0.646. The molecule has 0 fully saturated rings. The molecule has 0 saturated carbocycles. The van der Waals surface area contributed by atoms with Crippen LogP contribution in [0.2, 0.25) is 0 Å². The summed E-state index contributed by atoms with van der Waals surface area (Å²) in [7, 11) is 0. The molecule has 0 aromatic heterocycles. The third-order valence-electron chi connectivity index (χ3n) is 5.15. The standard InChI is InChI=1S/C24H22N2/c25-22-10-6-18(7-11-22)19-14-16-24(17-15-19,20-4-2-1-3-5-20)21-8-12-23(26)13-9-21/h1-16H,17,25-26H2. The van der Waals surface area contributed by atoms with Crippen LogP contribution in [0.1, 0.15) is 23.1 Å². The molecular weight excluding hydrogens is 316 g/mol. The topological polar surface area (TPSA) is 52.0 Å². The maximum atomic E-state index is 5.91. The van der Waals surface area contributed by atoms with Crippen LogP contribution in [0.5, 0.6) is 0 Å². The minimum atomic E-state index is -0.174. The molecule has 2 heteroatoms. The van der Waals surface area contributed by atoms with Gasteiger partial charge in [-0.05, 0) is 52.9 Å². The van der Waals surface area contributed by atoms with Gasteiger partial charge in [0.1, 0.15) is 0 Å². The molecular formula is C24H22N2. The van der Waals surface area contributed by atoms with Crippen LogP contribution in [0.4, 0.5) is 11.4 Å². The van der Waals surface area contributed by atoms with Gasteiger partial charge in [-0.15, -0.1) is 0 Å². The SMILES string of the molecule is Nc1ccc(C2=CCC(c3ccccc3)(c3ccc(N)cc3)C=C2)cc1. The zero-order valence-corrected chi connectivity index (χ0v) is 14.6. The van der Waals surface area contributed by atoms with Crippen molar-refractivity contribution in [1.82, 2.24) is 0 Å². The van der Waals surface area contributed by atoms with Crippen molar-refractivity contribution in [2.24, 2.45) is 0 Å². The highest BCUT2D eigenvalue weighted by Gasteiger charge is 2.32. The monoisotopic (exact) mass is 338 g/mol. The van der Waals surface area contributed by atoms with E-state index in [1.807, 2.05) is 24.3 Å². The molecule has 0 heterocycles. The Morgan fingerprint density at radius 3 is 1.81 bits per heavy atom. The summed E-state index contributed by atoms with van der Waals surface area (Å²) >= 11 is 0. The first kappa shape index (κ1) is 16.2. The van der Waals surface area contributed by atoms with Gasteiger partial charge in [0.05, 0.1) is 0 Å². The van der Waals surface area contributed by atoms with Crippen molar-refractivity contribution in [3.63, 3.8) is 0 Å². The zero-order valence-electron chi connectivity index (χ0n) is 14.6. The molecule has 1 atom stereocenters. The van der Waals surface area contributed by atoms with E-state index in [1.54, 1.807) is 0 Å². The first-order chi connectivity index (χ1) is 12.7. The Morgan fingerprint density at radius 1 is 0.654 bits per heavy atom. The van der Waals surface area contributed by atoms with Gasteiger partial charge in [0, 0.05) is 16.8 Å². The molecule has 1 unspecified atom stereocenters. The second kappa shape index (κ2) is 6.57. The Hall–Kier alpha value is -3.26. The van der Waals surface area contributed by atoms with Crippen LogP contribution in [-0.4, -0.2) is 0 Å². The number of nitrogens with two attached hydrogens (primary N) is 2. The summed E-state index contributed by atoms with van der Waals surface area (Å²) in [4.78, 5) is 0. The maximum absolute atomic E-state index is 5.91.